The number of unbranched alkanes of at least 4 members (excludes halogenated alkanes) is 2. The first-order chi connectivity index (χ1) is 7.65. The minimum atomic E-state index is 0.240. The summed E-state index contributed by atoms with van der Waals surface area (Å²) in [4.78, 5) is 2.82. The van der Waals surface area contributed by atoms with E-state index in [0.29, 0.717) is 5.25 Å². The number of rotatable bonds is 7. The van der Waals surface area contributed by atoms with Gasteiger partial charge in [0.15, 0.2) is 0 Å². The first-order valence-corrected chi connectivity index (χ1v) is 7.95. The lowest BCUT2D eigenvalue weighted by Gasteiger charge is -2.18. The van der Waals surface area contributed by atoms with Crippen molar-refractivity contribution >= 4 is 23.1 Å². The van der Waals surface area contributed by atoms with Crippen molar-refractivity contribution in [3.05, 3.63) is 21.9 Å². The van der Waals surface area contributed by atoms with Gasteiger partial charge in [0.2, 0.25) is 0 Å². The quantitative estimate of drug-likeness (QED) is 0.734. The Morgan fingerprint density at radius 1 is 1.38 bits per heavy atom. The number of thiophene rings is 1. The molecule has 0 amide bonds. The van der Waals surface area contributed by atoms with Crippen molar-refractivity contribution in [1.82, 2.24) is 0 Å². The summed E-state index contributed by atoms with van der Waals surface area (Å²) < 4.78 is 0. The van der Waals surface area contributed by atoms with E-state index in [9.17, 15) is 0 Å². The summed E-state index contributed by atoms with van der Waals surface area (Å²) in [5.41, 5.74) is 6.08. The van der Waals surface area contributed by atoms with Crippen LogP contribution >= 0.6 is 23.1 Å². The lowest BCUT2D eigenvalue weighted by Crippen LogP contribution is -2.22. The molecule has 1 rings (SSSR count). The topological polar surface area (TPSA) is 26.0 Å². The number of nitrogens with two attached hydrogens (primary N) is 1. The molecule has 2 N–H and O–H groups in total. The molecule has 0 aliphatic heterocycles. The highest BCUT2D eigenvalue weighted by atomic mass is 32.2. The second-order valence-corrected chi connectivity index (χ2v) is 6.87. The maximum Gasteiger partial charge on any atom is 0.0539 e. The Balaban J connectivity index is 2.48. The number of hydrogen-bond acceptors (Lipinski definition) is 3. The highest BCUT2D eigenvalue weighted by Crippen LogP contribution is 2.36. The molecule has 16 heavy (non-hydrogen) atoms. The van der Waals surface area contributed by atoms with Gasteiger partial charge in [-0.2, -0.15) is 11.8 Å². The number of thioether (sulfide) groups is 1. The fourth-order valence-electron chi connectivity index (χ4n) is 1.66. The van der Waals surface area contributed by atoms with Crippen LogP contribution in [0.1, 0.15) is 48.1 Å². The molecule has 1 nitrogen and oxygen atoms in total. The minimum absolute atomic E-state index is 0.240. The Hall–Kier alpha value is 0.01000. The van der Waals surface area contributed by atoms with Gasteiger partial charge >= 0.3 is 0 Å². The Morgan fingerprint density at radius 2 is 2.12 bits per heavy atom. The van der Waals surface area contributed by atoms with E-state index >= 15 is 0 Å². The highest BCUT2D eigenvalue weighted by molar-refractivity contribution is 7.99. The molecule has 1 aromatic rings. The molecule has 0 bridgehead atoms. The second kappa shape index (κ2) is 7.36. The Morgan fingerprint density at radius 3 is 2.62 bits per heavy atom. The zero-order chi connectivity index (χ0) is 12.0. The van der Waals surface area contributed by atoms with Crippen LogP contribution in [-0.2, 0) is 0 Å². The molecule has 0 aliphatic carbocycles. The van der Waals surface area contributed by atoms with E-state index in [2.05, 4.69) is 32.9 Å². The molecule has 92 valence electrons. The van der Waals surface area contributed by atoms with Gasteiger partial charge in [-0.15, -0.1) is 11.3 Å². The smallest absolute Gasteiger partial charge is 0.0539 e. The van der Waals surface area contributed by atoms with E-state index in [0.717, 1.165) is 0 Å². The molecule has 0 saturated carbocycles. The van der Waals surface area contributed by atoms with Gasteiger partial charge < -0.3 is 5.73 Å². The third-order valence-corrected chi connectivity index (χ3v) is 5.36. The molecule has 0 radical (unpaired) electrons. The van der Waals surface area contributed by atoms with Gasteiger partial charge in [-0.05, 0) is 38.2 Å². The summed E-state index contributed by atoms with van der Waals surface area (Å²) >= 11 is 3.91. The molecular weight excluding hydrogens is 234 g/mol. The Kier molecular flexibility index (Phi) is 6.47. The van der Waals surface area contributed by atoms with Crippen molar-refractivity contribution < 1.29 is 0 Å². The van der Waals surface area contributed by atoms with Crippen LogP contribution in [-0.4, -0.2) is 11.8 Å². The van der Waals surface area contributed by atoms with Crippen molar-refractivity contribution in [2.75, 3.05) is 5.75 Å². The summed E-state index contributed by atoms with van der Waals surface area (Å²) in [6.45, 7) is 6.52. The van der Waals surface area contributed by atoms with Crippen molar-refractivity contribution in [2.24, 2.45) is 5.73 Å². The van der Waals surface area contributed by atoms with Crippen LogP contribution in [0.4, 0.5) is 0 Å². The third kappa shape index (κ3) is 4.48. The molecule has 0 aromatic carbocycles. The van der Waals surface area contributed by atoms with Gasteiger partial charge in [0, 0.05) is 15.8 Å². The Labute approximate surface area is 108 Å². The van der Waals surface area contributed by atoms with Gasteiger partial charge in [0.05, 0.1) is 5.25 Å². The van der Waals surface area contributed by atoms with Crippen molar-refractivity contribution in [1.29, 1.82) is 0 Å². The predicted octanol–water partition coefficient (Wildman–Crippen LogP) is 4.37. The van der Waals surface area contributed by atoms with E-state index in [4.69, 9.17) is 5.73 Å². The minimum Gasteiger partial charge on any atom is -0.327 e. The lowest BCUT2D eigenvalue weighted by molar-refractivity contribution is 0.724. The maximum atomic E-state index is 6.08. The van der Waals surface area contributed by atoms with Gasteiger partial charge in [-0.25, -0.2) is 0 Å². The molecule has 1 aromatic heterocycles. The lowest BCUT2D eigenvalue weighted by atomic mass is 10.2. The van der Waals surface area contributed by atoms with Gasteiger partial charge in [0.1, 0.15) is 0 Å². The summed E-state index contributed by atoms with van der Waals surface area (Å²) in [5, 5.41) is 0.482. The summed E-state index contributed by atoms with van der Waals surface area (Å²) in [7, 11) is 0. The first kappa shape index (κ1) is 14.1. The molecular formula is C13H23NS2. The van der Waals surface area contributed by atoms with Crippen molar-refractivity contribution in [3.8, 4) is 0 Å². The van der Waals surface area contributed by atoms with Crippen LogP contribution in [0.25, 0.3) is 0 Å². The van der Waals surface area contributed by atoms with Crippen molar-refractivity contribution in [2.45, 2.75) is 51.3 Å². The van der Waals surface area contributed by atoms with E-state index in [1.807, 2.05) is 23.1 Å². The van der Waals surface area contributed by atoms with E-state index < -0.39 is 0 Å². The SMILES string of the molecule is CCCCCSC(c1ccc(C)s1)C(C)N. The highest BCUT2D eigenvalue weighted by Gasteiger charge is 2.17. The molecule has 0 saturated heterocycles. The van der Waals surface area contributed by atoms with Gasteiger partial charge in [0.25, 0.3) is 0 Å². The number of aryl methyl sites for hydroxylation is 1. The van der Waals surface area contributed by atoms with Crippen LogP contribution in [0, 0.1) is 6.92 Å². The van der Waals surface area contributed by atoms with Crippen LogP contribution < -0.4 is 5.73 Å². The zero-order valence-electron chi connectivity index (χ0n) is 10.5. The van der Waals surface area contributed by atoms with Crippen LogP contribution in [0.5, 0.6) is 0 Å². The fourth-order valence-corrected chi connectivity index (χ4v) is 4.16. The number of hydrogen-bond donors (Lipinski definition) is 1. The molecule has 3 heteroatoms. The van der Waals surface area contributed by atoms with Gasteiger partial charge in [-0.3, -0.25) is 0 Å². The molecule has 0 aliphatic rings. The normalized spacial score (nSPS) is 15.0. The fraction of sp³-hybridized carbons (Fsp3) is 0.692. The molecule has 0 fully saturated rings. The average molecular weight is 257 g/mol. The molecule has 0 spiro atoms. The van der Waals surface area contributed by atoms with Crippen LogP contribution in [0.15, 0.2) is 12.1 Å². The molecule has 2 atom stereocenters. The largest absolute Gasteiger partial charge is 0.327 e. The molecule has 1 heterocycles. The first-order valence-electron chi connectivity index (χ1n) is 6.08. The van der Waals surface area contributed by atoms with E-state index in [1.54, 1.807) is 0 Å². The summed E-state index contributed by atoms with van der Waals surface area (Å²) in [5.74, 6) is 1.23. The second-order valence-electron chi connectivity index (χ2n) is 4.31. The summed E-state index contributed by atoms with van der Waals surface area (Å²) in [6, 6.07) is 4.67. The average Bonchev–Trinajstić information content (AvgIpc) is 2.64. The molecule has 2 unspecified atom stereocenters. The van der Waals surface area contributed by atoms with E-state index in [1.165, 1.54) is 34.8 Å². The van der Waals surface area contributed by atoms with Crippen LogP contribution in [0.3, 0.4) is 0 Å². The summed E-state index contributed by atoms with van der Waals surface area (Å²) in [6.07, 6.45) is 3.94. The van der Waals surface area contributed by atoms with Gasteiger partial charge in [-0.1, -0.05) is 19.8 Å². The van der Waals surface area contributed by atoms with E-state index in [-0.39, 0.29) is 6.04 Å². The van der Waals surface area contributed by atoms with Crippen molar-refractivity contribution in [3.63, 3.8) is 0 Å². The van der Waals surface area contributed by atoms with Crippen LogP contribution in [0.2, 0.25) is 0 Å². The maximum absolute atomic E-state index is 6.08. The standard InChI is InChI=1S/C13H23NS2/c1-4-5-6-9-15-13(11(3)14)12-8-7-10(2)16-12/h7-8,11,13H,4-6,9,14H2,1-3H3. The Bertz CT molecular complexity index is 294. The third-order valence-electron chi connectivity index (χ3n) is 2.56. The predicted molar refractivity (Wildman–Crippen MR) is 77.4 cm³/mol. The monoisotopic (exact) mass is 257 g/mol. The zero-order valence-corrected chi connectivity index (χ0v) is 12.2.